The number of hydrogen-bond donors (Lipinski definition) is 2. The normalized spacial score (nSPS) is 19.6. The molecule has 3 heterocycles. The molecule has 2 aromatic heterocycles. The van der Waals surface area contributed by atoms with Gasteiger partial charge in [-0.1, -0.05) is 43.9 Å². The zero-order valence-corrected chi connectivity index (χ0v) is 21.1. The molecule has 1 aliphatic carbocycles. The number of aromatic amines is 2. The van der Waals surface area contributed by atoms with Gasteiger partial charge in [0.2, 0.25) is 10.0 Å². The number of rotatable bonds is 7. The van der Waals surface area contributed by atoms with Crippen LogP contribution < -0.4 is 4.90 Å². The average Bonchev–Trinajstić information content (AvgIpc) is 3.66. The van der Waals surface area contributed by atoms with Crippen molar-refractivity contribution in [2.45, 2.75) is 62.6 Å². The number of fused-ring (bicyclic) bond motifs is 2. The predicted octanol–water partition coefficient (Wildman–Crippen LogP) is 4.84. The molecule has 6 rings (SSSR count). The van der Waals surface area contributed by atoms with E-state index < -0.39 is 10.0 Å². The second-order valence-electron chi connectivity index (χ2n) is 10.1. The summed E-state index contributed by atoms with van der Waals surface area (Å²) in [5, 5.41) is 7.75. The largest absolute Gasteiger partial charge is 0.361 e. The molecule has 2 aromatic carbocycles. The van der Waals surface area contributed by atoms with E-state index in [1.54, 1.807) is 35.0 Å². The van der Waals surface area contributed by atoms with Gasteiger partial charge in [-0.05, 0) is 48.6 Å². The Hall–Kier alpha value is -3.17. The Morgan fingerprint density at radius 1 is 1.03 bits per heavy atom. The average molecular weight is 505 g/mol. The van der Waals surface area contributed by atoms with Crippen LogP contribution in [-0.2, 0) is 23.1 Å². The molecule has 0 saturated heterocycles. The van der Waals surface area contributed by atoms with E-state index in [9.17, 15) is 8.42 Å². The molecule has 4 aromatic rings. The topological polar surface area (TPSA) is 98.0 Å². The summed E-state index contributed by atoms with van der Waals surface area (Å²) in [5.41, 5.74) is 3.98. The molecular formula is C27H32N6O2S. The first-order valence-corrected chi connectivity index (χ1v) is 14.3. The molecule has 36 heavy (non-hydrogen) atoms. The Labute approximate surface area is 211 Å². The molecule has 1 fully saturated rings. The van der Waals surface area contributed by atoms with Crippen LogP contribution >= 0.6 is 0 Å². The number of anilines is 1. The number of para-hydroxylation sites is 1. The van der Waals surface area contributed by atoms with Crippen LogP contribution in [0.25, 0.3) is 10.9 Å². The van der Waals surface area contributed by atoms with E-state index in [-0.39, 0.29) is 6.04 Å². The lowest BCUT2D eigenvalue weighted by Gasteiger charge is -2.34. The van der Waals surface area contributed by atoms with Gasteiger partial charge in [-0.15, -0.1) is 0 Å². The molecule has 0 unspecified atom stereocenters. The lowest BCUT2D eigenvalue weighted by molar-refractivity contribution is 0.350. The molecule has 2 N–H and O–H groups in total. The lowest BCUT2D eigenvalue weighted by atomic mass is 9.97. The first kappa shape index (κ1) is 23.2. The minimum Gasteiger partial charge on any atom is -0.361 e. The van der Waals surface area contributed by atoms with Crippen molar-refractivity contribution in [3.63, 3.8) is 0 Å². The van der Waals surface area contributed by atoms with Gasteiger partial charge in [-0.2, -0.15) is 9.40 Å². The van der Waals surface area contributed by atoms with Gasteiger partial charge in [0.05, 0.1) is 35.2 Å². The van der Waals surface area contributed by atoms with E-state index in [4.69, 9.17) is 0 Å². The number of imidazole rings is 1. The number of hydrogen-bond acceptors (Lipinski definition) is 5. The third-order valence-corrected chi connectivity index (χ3v) is 9.64. The molecular weight excluding hydrogens is 472 g/mol. The summed E-state index contributed by atoms with van der Waals surface area (Å²) in [4.78, 5) is 10.2. The fourth-order valence-corrected chi connectivity index (χ4v) is 7.36. The fraction of sp³-hybridized carbons (Fsp3) is 0.407. The highest BCUT2D eigenvalue weighted by Crippen LogP contribution is 2.36. The summed E-state index contributed by atoms with van der Waals surface area (Å²) in [7, 11) is -3.71. The minimum atomic E-state index is -3.71. The number of sulfonamides is 1. The van der Waals surface area contributed by atoms with Crippen molar-refractivity contribution in [3.8, 4) is 0 Å². The Bertz CT molecular complexity index is 1430. The maximum atomic E-state index is 14.0. The molecule has 0 amide bonds. The van der Waals surface area contributed by atoms with Crippen molar-refractivity contribution in [1.29, 1.82) is 0 Å². The van der Waals surface area contributed by atoms with Gasteiger partial charge >= 0.3 is 0 Å². The van der Waals surface area contributed by atoms with Crippen molar-refractivity contribution in [3.05, 3.63) is 72.4 Å². The summed E-state index contributed by atoms with van der Waals surface area (Å²) in [5.74, 6) is 0.742. The molecule has 9 heteroatoms. The van der Waals surface area contributed by atoms with E-state index in [0.717, 1.165) is 46.6 Å². The summed E-state index contributed by atoms with van der Waals surface area (Å²) >= 11 is 0. The first-order chi connectivity index (χ1) is 17.6. The lowest BCUT2D eigenvalue weighted by Crippen LogP contribution is -2.43. The van der Waals surface area contributed by atoms with Crippen LogP contribution in [0, 0.1) is 5.92 Å². The Balaban J connectivity index is 1.37. The van der Waals surface area contributed by atoms with Crippen LogP contribution in [0.3, 0.4) is 0 Å². The van der Waals surface area contributed by atoms with E-state index in [2.05, 4.69) is 37.2 Å². The Kier molecular flexibility index (Phi) is 6.27. The molecule has 2 aliphatic rings. The SMILES string of the molecule is O=S(=O)(c1ccc2[nH]ncc2c1)N1Cc2ccccc2N(Cc2cnc[nH]2)[C@H](CCC2CCCC2)C1. The predicted molar refractivity (Wildman–Crippen MR) is 140 cm³/mol. The van der Waals surface area contributed by atoms with Gasteiger partial charge in [-0.25, -0.2) is 13.4 Å². The van der Waals surface area contributed by atoms with Gasteiger partial charge in [0.15, 0.2) is 0 Å². The van der Waals surface area contributed by atoms with Crippen molar-refractivity contribution in [2.24, 2.45) is 5.92 Å². The molecule has 1 saturated carbocycles. The van der Waals surface area contributed by atoms with Crippen molar-refractivity contribution >= 4 is 26.6 Å². The minimum absolute atomic E-state index is 0.0602. The number of H-pyrrole nitrogens is 2. The van der Waals surface area contributed by atoms with Crippen LogP contribution in [-0.4, -0.2) is 45.5 Å². The zero-order chi connectivity index (χ0) is 24.5. The highest BCUT2D eigenvalue weighted by Gasteiger charge is 2.35. The second-order valence-corrected chi connectivity index (χ2v) is 12.1. The molecule has 0 radical (unpaired) electrons. The summed E-state index contributed by atoms with van der Waals surface area (Å²) in [6.07, 6.45) is 12.5. The number of nitrogens with one attached hydrogen (secondary N) is 2. The maximum absolute atomic E-state index is 14.0. The van der Waals surface area contributed by atoms with E-state index in [1.165, 1.54) is 25.7 Å². The van der Waals surface area contributed by atoms with Crippen LogP contribution in [0.4, 0.5) is 5.69 Å². The van der Waals surface area contributed by atoms with Gasteiger partial charge < -0.3 is 9.88 Å². The summed E-state index contributed by atoms with van der Waals surface area (Å²) in [6, 6.07) is 13.5. The Morgan fingerprint density at radius 3 is 2.72 bits per heavy atom. The number of benzene rings is 2. The molecule has 0 bridgehead atoms. The maximum Gasteiger partial charge on any atom is 0.243 e. The van der Waals surface area contributed by atoms with Crippen molar-refractivity contribution in [1.82, 2.24) is 24.5 Å². The Morgan fingerprint density at radius 2 is 1.89 bits per heavy atom. The third kappa shape index (κ3) is 4.53. The van der Waals surface area contributed by atoms with E-state index in [1.807, 2.05) is 18.3 Å². The third-order valence-electron chi connectivity index (χ3n) is 7.83. The van der Waals surface area contributed by atoms with Gasteiger partial charge in [0.1, 0.15) is 0 Å². The van der Waals surface area contributed by atoms with Gasteiger partial charge in [0.25, 0.3) is 0 Å². The number of aromatic nitrogens is 4. The highest BCUT2D eigenvalue weighted by atomic mass is 32.2. The first-order valence-electron chi connectivity index (χ1n) is 12.8. The molecule has 188 valence electrons. The monoisotopic (exact) mass is 504 g/mol. The van der Waals surface area contributed by atoms with Gasteiger partial charge in [-0.3, -0.25) is 5.10 Å². The zero-order valence-electron chi connectivity index (χ0n) is 20.3. The van der Waals surface area contributed by atoms with E-state index in [0.29, 0.717) is 24.5 Å². The molecule has 1 atom stereocenters. The van der Waals surface area contributed by atoms with Crippen LogP contribution in [0.5, 0.6) is 0 Å². The van der Waals surface area contributed by atoms with Crippen LogP contribution in [0.15, 0.2) is 66.1 Å². The number of nitrogens with zero attached hydrogens (tertiary/aromatic N) is 4. The van der Waals surface area contributed by atoms with Crippen molar-refractivity contribution in [2.75, 3.05) is 11.4 Å². The summed E-state index contributed by atoms with van der Waals surface area (Å²) in [6.45, 7) is 1.46. The summed E-state index contributed by atoms with van der Waals surface area (Å²) < 4.78 is 29.7. The fourth-order valence-electron chi connectivity index (χ4n) is 5.87. The van der Waals surface area contributed by atoms with Crippen LogP contribution in [0.2, 0.25) is 0 Å². The van der Waals surface area contributed by atoms with E-state index >= 15 is 0 Å². The van der Waals surface area contributed by atoms with Gasteiger partial charge in [0, 0.05) is 36.4 Å². The molecule has 8 nitrogen and oxygen atoms in total. The molecule has 1 aliphatic heterocycles. The molecule has 0 spiro atoms. The quantitative estimate of drug-likeness (QED) is 0.375. The second kappa shape index (κ2) is 9.71. The van der Waals surface area contributed by atoms with Crippen LogP contribution in [0.1, 0.15) is 49.8 Å². The highest BCUT2D eigenvalue weighted by molar-refractivity contribution is 7.89. The smallest absolute Gasteiger partial charge is 0.243 e. The standard InChI is InChI=1S/C27H32N6O2S/c34-36(35,25-11-12-26-22(13-25)14-30-31-26)32-16-21-7-3-4-8-27(21)33(17-23-15-28-19-29-23)24(18-32)10-9-20-5-1-2-6-20/h3-4,7-8,11-15,19-20,24H,1-2,5-6,9-10,16-18H2,(H,28,29)(H,30,31)/t24-/m1/s1. The van der Waals surface area contributed by atoms with Crippen molar-refractivity contribution < 1.29 is 8.42 Å².